The summed E-state index contributed by atoms with van der Waals surface area (Å²) in [4.78, 5) is 28.1. The number of hydrogen-bond acceptors (Lipinski definition) is 6. The number of ether oxygens (including phenoxy) is 2. The van der Waals surface area contributed by atoms with Crippen molar-refractivity contribution in [1.82, 2.24) is 4.90 Å². The van der Waals surface area contributed by atoms with Gasteiger partial charge in [-0.15, -0.1) is 11.3 Å². The van der Waals surface area contributed by atoms with Crippen LogP contribution in [0, 0.1) is 6.92 Å². The Bertz CT molecular complexity index is 1180. The van der Waals surface area contributed by atoms with E-state index in [1.54, 1.807) is 31.4 Å². The number of amides is 1. The molecule has 6 nitrogen and oxygen atoms in total. The average Bonchev–Trinajstić information content (AvgIpc) is 3.45. The summed E-state index contributed by atoms with van der Waals surface area (Å²) < 4.78 is 11.0. The van der Waals surface area contributed by atoms with Crippen LogP contribution in [0.15, 0.2) is 71.6 Å². The van der Waals surface area contributed by atoms with Gasteiger partial charge >= 0.3 is 0 Å². The normalized spacial score (nSPS) is 17.4. The quantitative estimate of drug-likeness (QED) is 0.201. The van der Waals surface area contributed by atoms with Gasteiger partial charge in [0.05, 0.1) is 11.6 Å². The molecule has 1 saturated heterocycles. The van der Waals surface area contributed by atoms with Crippen LogP contribution in [0.3, 0.4) is 0 Å². The van der Waals surface area contributed by atoms with E-state index < -0.39 is 17.7 Å². The van der Waals surface area contributed by atoms with E-state index in [0.717, 1.165) is 10.4 Å². The number of methoxy groups -OCH3 is 1. The number of thiophene rings is 1. The Hall–Kier alpha value is -3.42. The molecule has 7 heteroatoms. The first-order valence-corrected chi connectivity index (χ1v) is 12.0. The third kappa shape index (κ3) is 5.05. The standard InChI is InChI=1S/C27H27NO5S/c1-18-6-3-7-19(16-18)17-33-21-11-9-20(10-12-21)25(29)23-24(22-8-4-15-34-22)28(13-5-14-32-2)27(31)26(23)30/h3-4,6-12,15-16,24,29H,5,13-14,17H2,1-2H3/t24-/m0/s1. The Morgan fingerprint density at radius 1 is 1.09 bits per heavy atom. The Morgan fingerprint density at radius 3 is 2.56 bits per heavy atom. The molecule has 1 aliphatic heterocycles. The number of carbonyl (C=O) groups is 2. The Balaban J connectivity index is 1.59. The van der Waals surface area contributed by atoms with Crippen molar-refractivity contribution in [3.05, 3.63) is 93.2 Å². The molecule has 0 spiro atoms. The van der Waals surface area contributed by atoms with E-state index in [0.29, 0.717) is 37.5 Å². The summed E-state index contributed by atoms with van der Waals surface area (Å²) in [7, 11) is 1.60. The molecule has 1 fully saturated rings. The molecule has 3 aromatic rings. The highest BCUT2D eigenvalue weighted by molar-refractivity contribution is 7.10. The number of aliphatic hydroxyl groups excluding tert-OH is 1. The maximum Gasteiger partial charge on any atom is 0.295 e. The first-order chi connectivity index (χ1) is 16.5. The van der Waals surface area contributed by atoms with Crippen LogP contribution in [-0.4, -0.2) is 42.0 Å². The molecule has 0 bridgehead atoms. The summed E-state index contributed by atoms with van der Waals surface area (Å²) in [5, 5.41) is 13.0. The molecule has 0 saturated carbocycles. The van der Waals surface area contributed by atoms with Crippen molar-refractivity contribution in [2.75, 3.05) is 20.3 Å². The predicted molar refractivity (Wildman–Crippen MR) is 132 cm³/mol. The fraction of sp³-hybridized carbons (Fsp3) is 0.259. The average molecular weight is 478 g/mol. The molecule has 0 aliphatic carbocycles. The number of rotatable bonds is 9. The highest BCUT2D eigenvalue weighted by Crippen LogP contribution is 2.41. The van der Waals surface area contributed by atoms with Gasteiger partial charge in [-0.25, -0.2) is 0 Å². The van der Waals surface area contributed by atoms with Crippen LogP contribution >= 0.6 is 11.3 Å². The van der Waals surface area contributed by atoms with Crippen LogP contribution in [0.5, 0.6) is 5.75 Å². The summed E-state index contributed by atoms with van der Waals surface area (Å²) in [6.45, 7) is 3.30. The third-order valence-corrected chi connectivity index (χ3v) is 6.64. The van der Waals surface area contributed by atoms with Crippen LogP contribution < -0.4 is 4.74 Å². The number of likely N-dealkylation sites (tertiary alicyclic amines) is 1. The van der Waals surface area contributed by atoms with Crippen LogP contribution in [0.25, 0.3) is 5.76 Å². The highest BCUT2D eigenvalue weighted by atomic mass is 32.1. The lowest BCUT2D eigenvalue weighted by Crippen LogP contribution is -2.31. The van der Waals surface area contributed by atoms with E-state index in [-0.39, 0.29) is 11.3 Å². The lowest BCUT2D eigenvalue weighted by Gasteiger charge is -2.24. The number of benzene rings is 2. The number of ketones is 1. The Morgan fingerprint density at radius 2 is 1.88 bits per heavy atom. The van der Waals surface area contributed by atoms with Gasteiger partial charge in [0.1, 0.15) is 18.1 Å². The zero-order chi connectivity index (χ0) is 24.1. The molecule has 34 heavy (non-hydrogen) atoms. The van der Waals surface area contributed by atoms with E-state index in [2.05, 4.69) is 6.07 Å². The number of nitrogens with zero attached hydrogens (tertiary/aromatic N) is 1. The fourth-order valence-electron chi connectivity index (χ4n) is 4.07. The van der Waals surface area contributed by atoms with Crippen molar-refractivity contribution in [2.24, 2.45) is 0 Å². The Kier molecular flexibility index (Phi) is 7.45. The number of Topliss-reactive ketones (excluding diaryl/α,β-unsaturated/α-hetero) is 1. The van der Waals surface area contributed by atoms with Gasteiger partial charge in [-0.2, -0.15) is 0 Å². The van der Waals surface area contributed by atoms with Crippen molar-refractivity contribution in [3.63, 3.8) is 0 Å². The number of carbonyl (C=O) groups excluding carboxylic acids is 2. The van der Waals surface area contributed by atoms with Gasteiger partial charge in [-0.3, -0.25) is 9.59 Å². The van der Waals surface area contributed by atoms with Crippen LogP contribution in [-0.2, 0) is 20.9 Å². The summed E-state index contributed by atoms with van der Waals surface area (Å²) in [5.41, 5.74) is 2.80. The molecule has 1 aliphatic rings. The van der Waals surface area contributed by atoms with Crippen LogP contribution in [0.4, 0.5) is 0 Å². The first kappa shape index (κ1) is 23.7. The van der Waals surface area contributed by atoms with Gasteiger partial charge < -0.3 is 19.5 Å². The van der Waals surface area contributed by atoms with Crippen LogP contribution in [0.2, 0.25) is 0 Å². The number of aryl methyl sites for hydroxylation is 1. The lowest BCUT2D eigenvalue weighted by atomic mass is 10.00. The van der Waals surface area contributed by atoms with Gasteiger partial charge in [0.2, 0.25) is 0 Å². The van der Waals surface area contributed by atoms with E-state index >= 15 is 0 Å². The minimum atomic E-state index is -0.673. The van der Waals surface area contributed by atoms with Crippen molar-refractivity contribution in [3.8, 4) is 5.75 Å². The van der Waals surface area contributed by atoms with Crippen molar-refractivity contribution in [1.29, 1.82) is 0 Å². The molecular weight excluding hydrogens is 450 g/mol. The second kappa shape index (κ2) is 10.7. The number of hydrogen-bond donors (Lipinski definition) is 1. The van der Waals surface area contributed by atoms with Crippen molar-refractivity contribution in [2.45, 2.75) is 26.0 Å². The van der Waals surface area contributed by atoms with E-state index in [9.17, 15) is 14.7 Å². The zero-order valence-corrected chi connectivity index (χ0v) is 20.0. The first-order valence-electron chi connectivity index (χ1n) is 11.1. The Labute approximate surface area is 203 Å². The summed E-state index contributed by atoms with van der Waals surface area (Å²) >= 11 is 1.45. The van der Waals surface area contributed by atoms with E-state index in [1.807, 2.05) is 42.6 Å². The maximum absolute atomic E-state index is 13.0. The largest absolute Gasteiger partial charge is 0.507 e. The minimum Gasteiger partial charge on any atom is -0.507 e. The third-order valence-electron chi connectivity index (χ3n) is 5.72. The zero-order valence-electron chi connectivity index (χ0n) is 19.2. The highest BCUT2D eigenvalue weighted by Gasteiger charge is 2.46. The molecule has 176 valence electrons. The fourth-order valence-corrected chi connectivity index (χ4v) is 4.91. The second-order valence-electron chi connectivity index (χ2n) is 8.16. The van der Waals surface area contributed by atoms with E-state index in [4.69, 9.17) is 9.47 Å². The molecule has 1 amide bonds. The molecule has 2 aromatic carbocycles. The molecule has 1 aromatic heterocycles. The van der Waals surface area contributed by atoms with Gasteiger partial charge in [0, 0.05) is 30.7 Å². The number of aliphatic hydroxyl groups is 1. The lowest BCUT2D eigenvalue weighted by molar-refractivity contribution is -0.140. The van der Waals surface area contributed by atoms with Gasteiger partial charge in [0.15, 0.2) is 0 Å². The monoisotopic (exact) mass is 477 g/mol. The molecule has 0 radical (unpaired) electrons. The molecule has 4 rings (SSSR count). The smallest absolute Gasteiger partial charge is 0.295 e. The molecule has 1 atom stereocenters. The van der Waals surface area contributed by atoms with E-state index in [1.165, 1.54) is 21.8 Å². The predicted octanol–water partition coefficient (Wildman–Crippen LogP) is 5.09. The van der Waals surface area contributed by atoms with Gasteiger partial charge in [-0.1, -0.05) is 35.9 Å². The van der Waals surface area contributed by atoms with Crippen molar-refractivity contribution >= 4 is 28.8 Å². The summed E-state index contributed by atoms with van der Waals surface area (Å²) in [6, 6.07) is 18.1. The molecule has 1 N–H and O–H groups in total. The van der Waals surface area contributed by atoms with Gasteiger partial charge in [0.25, 0.3) is 11.7 Å². The molecular formula is C27H27NO5S. The summed E-state index contributed by atoms with van der Waals surface area (Å²) in [5.74, 6) is -0.814. The van der Waals surface area contributed by atoms with Crippen LogP contribution in [0.1, 0.15) is 34.0 Å². The van der Waals surface area contributed by atoms with Crippen molar-refractivity contribution < 1.29 is 24.2 Å². The minimum absolute atomic E-state index is 0.110. The molecule has 2 heterocycles. The SMILES string of the molecule is COCCCN1C(=O)C(=O)C(=C(O)c2ccc(OCc3cccc(C)c3)cc2)[C@@H]1c1cccs1. The topological polar surface area (TPSA) is 76.1 Å². The van der Waals surface area contributed by atoms with Gasteiger partial charge in [-0.05, 0) is 54.6 Å². The summed E-state index contributed by atoms with van der Waals surface area (Å²) in [6.07, 6.45) is 0.596. The molecule has 0 unspecified atom stereocenters. The maximum atomic E-state index is 13.0. The second-order valence-corrected chi connectivity index (χ2v) is 9.14.